The highest BCUT2D eigenvalue weighted by atomic mass is 32.2. The highest BCUT2D eigenvalue weighted by molar-refractivity contribution is 7.88. The molecule has 1 unspecified atom stereocenters. The van der Waals surface area contributed by atoms with Crippen molar-refractivity contribution in [2.45, 2.75) is 12.1 Å². The smallest absolute Gasteiger partial charge is 0.211 e. The Bertz CT molecular complexity index is 590. The van der Waals surface area contributed by atoms with Gasteiger partial charge in [0, 0.05) is 37.6 Å². The molecule has 0 N–H and O–H groups in total. The first-order valence-electron chi connectivity index (χ1n) is 7.38. The van der Waals surface area contributed by atoms with Gasteiger partial charge in [0.25, 0.3) is 0 Å². The molecule has 22 heavy (non-hydrogen) atoms. The third-order valence-corrected chi connectivity index (χ3v) is 6.18. The summed E-state index contributed by atoms with van der Waals surface area (Å²) in [4.78, 5) is 3.64. The molecule has 3 rings (SSSR count). The van der Waals surface area contributed by atoms with E-state index >= 15 is 0 Å². The van der Waals surface area contributed by atoms with Crippen molar-refractivity contribution in [1.29, 1.82) is 0 Å². The summed E-state index contributed by atoms with van der Waals surface area (Å²) in [7, 11) is -3.24. The van der Waals surface area contributed by atoms with Crippen LogP contribution in [0, 0.1) is 0 Å². The monoisotopic (exact) mass is 346 g/mol. The van der Waals surface area contributed by atoms with Crippen LogP contribution in [0.2, 0.25) is 0 Å². The maximum absolute atomic E-state index is 11.9. The highest BCUT2D eigenvalue weighted by Gasteiger charge is 2.42. The van der Waals surface area contributed by atoms with Gasteiger partial charge in [-0.15, -0.1) is 11.3 Å². The Balaban J connectivity index is 1.72. The van der Waals surface area contributed by atoms with E-state index in [9.17, 15) is 8.42 Å². The average Bonchev–Trinajstić information content (AvgIpc) is 2.86. The van der Waals surface area contributed by atoms with E-state index in [-0.39, 0.29) is 0 Å². The van der Waals surface area contributed by atoms with Gasteiger partial charge in [0.15, 0.2) is 0 Å². The summed E-state index contributed by atoms with van der Waals surface area (Å²) >= 11 is 1.74. The molecule has 2 aliphatic rings. The minimum Gasteiger partial charge on any atom is -0.377 e. The molecule has 1 atom stereocenters. The normalized spacial score (nSPS) is 28.8. The first-order valence-corrected chi connectivity index (χ1v) is 10.1. The molecular formula is C14H22N2O4S2. The van der Waals surface area contributed by atoms with E-state index in [2.05, 4.69) is 22.4 Å². The summed E-state index contributed by atoms with van der Waals surface area (Å²) in [6.07, 6.45) is 1.25. The number of morpholine rings is 1. The molecule has 3 heterocycles. The van der Waals surface area contributed by atoms with Gasteiger partial charge in [-0.1, -0.05) is 6.07 Å². The SMILES string of the molecule is CS(=O)(=O)N1CCOCC2(CN(Cc3cccs3)CCO2)C1. The van der Waals surface area contributed by atoms with Crippen LogP contribution in [0.4, 0.5) is 0 Å². The number of sulfonamides is 1. The number of nitrogens with zero attached hydrogens (tertiary/aromatic N) is 2. The Morgan fingerprint density at radius 3 is 2.91 bits per heavy atom. The molecule has 0 radical (unpaired) electrons. The molecule has 2 fully saturated rings. The lowest BCUT2D eigenvalue weighted by molar-refractivity contribution is -0.139. The van der Waals surface area contributed by atoms with Crippen LogP contribution in [0.3, 0.4) is 0 Å². The lowest BCUT2D eigenvalue weighted by atomic mass is 10.0. The predicted octanol–water partition coefficient (Wildman–Crippen LogP) is 0.611. The molecule has 1 aromatic heterocycles. The Labute approximate surface area is 135 Å². The Morgan fingerprint density at radius 1 is 1.32 bits per heavy atom. The van der Waals surface area contributed by atoms with Crippen LogP contribution in [0.15, 0.2) is 17.5 Å². The molecule has 124 valence electrons. The lowest BCUT2D eigenvalue weighted by Crippen LogP contribution is -2.58. The molecule has 2 aliphatic heterocycles. The van der Waals surface area contributed by atoms with E-state index in [1.807, 2.05) is 0 Å². The van der Waals surface area contributed by atoms with E-state index in [0.29, 0.717) is 39.5 Å². The molecular weight excluding hydrogens is 324 g/mol. The van der Waals surface area contributed by atoms with Gasteiger partial charge < -0.3 is 9.47 Å². The van der Waals surface area contributed by atoms with Crippen molar-refractivity contribution in [3.8, 4) is 0 Å². The molecule has 6 nitrogen and oxygen atoms in total. The first-order chi connectivity index (χ1) is 10.5. The van der Waals surface area contributed by atoms with Gasteiger partial charge in [-0.25, -0.2) is 8.42 Å². The second-order valence-electron chi connectivity index (χ2n) is 5.97. The summed E-state index contributed by atoms with van der Waals surface area (Å²) in [5.41, 5.74) is -0.560. The lowest BCUT2D eigenvalue weighted by Gasteiger charge is -2.42. The summed E-state index contributed by atoms with van der Waals surface area (Å²) in [6, 6.07) is 4.18. The van der Waals surface area contributed by atoms with Crippen LogP contribution in [0.5, 0.6) is 0 Å². The number of rotatable bonds is 3. The Kier molecular flexibility index (Phi) is 4.86. The van der Waals surface area contributed by atoms with E-state index in [0.717, 1.165) is 13.1 Å². The van der Waals surface area contributed by atoms with Crippen molar-refractivity contribution in [1.82, 2.24) is 9.21 Å². The average molecular weight is 346 g/mol. The molecule has 0 aromatic carbocycles. The van der Waals surface area contributed by atoms with Gasteiger partial charge in [0.05, 0.1) is 26.1 Å². The molecule has 1 aromatic rings. The van der Waals surface area contributed by atoms with Crippen molar-refractivity contribution in [2.24, 2.45) is 0 Å². The van der Waals surface area contributed by atoms with Gasteiger partial charge >= 0.3 is 0 Å². The van der Waals surface area contributed by atoms with Crippen LogP contribution < -0.4 is 0 Å². The van der Waals surface area contributed by atoms with E-state index in [1.165, 1.54) is 15.4 Å². The van der Waals surface area contributed by atoms with Crippen LogP contribution >= 0.6 is 11.3 Å². The molecule has 0 amide bonds. The summed E-state index contributed by atoms with van der Waals surface area (Å²) in [5.74, 6) is 0. The van der Waals surface area contributed by atoms with Crippen molar-refractivity contribution in [3.05, 3.63) is 22.4 Å². The zero-order valence-electron chi connectivity index (χ0n) is 12.7. The number of ether oxygens (including phenoxy) is 2. The third kappa shape index (κ3) is 3.87. The van der Waals surface area contributed by atoms with Crippen molar-refractivity contribution < 1.29 is 17.9 Å². The topological polar surface area (TPSA) is 59.1 Å². The third-order valence-electron chi connectivity index (χ3n) is 4.07. The fourth-order valence-electron chi connectivity index (χ4n) is 3.02. The zero-order valence-corrected chi connectivity index (χ0v) is 14.4. The number of thiophene rings is 1. The summed E-state index contributed by atoms with van der Waals surface area (Å²) in [6.45, 7) is 4.66. The van der Waals surface area contributed by atoms with E-state index in [4.69, 9.17) is 9.47 Å². The first kappa shape index (κ1) is 16.4. The minimum absolute atomic E-state index is 0.368. The van der Waals surface area contributed by atoms with Crippen LogP contribution in [-0.2, 0) is 26.0 Å². The van der Waals surface area contributed by atoms with Gasteiger partial charge in [-0.3, -0.25) is 4.90 Å². The Hall–Kier alpha value is -0.510. The second kappa shape index (κ2) is 6.54. The predicted molar refractivity (Wildman–Crippen MR) is 85.5 cm³/mol. The van der Waals surface area contributed by atoms with Gasteiger partial charge in [0.2, 0.25) is 10.0 Å². The van der Waals surface area contributed by atoms with Crippen molar-refractivity contribution in [2.75, 3.05) is 52.3 Å². The van der Waals surface area contributed by atoms with Crippen molar-refractivity contribution >= 4 is 21.4 Å². The highest BCUT2D eigenvalue weighted by Crippen LogP contribution is 2.25. The molecule has 1 spiro atoms. The van der Waals surface area contributed by atoms with Crippen LogP contribution in [0.25, 0.3) is 0 Å². The zero-order chi connectivity index (χ0) is 15.6. The number of hydrogen-bond acceptors (Lipinski definition) is 6. The molecule has 0 saturated carbocycles. The second-order valence-corrected chi connectivity index (χ2v) is 8.99. The molecule has 0 bridgehead atoms. The van der Waals surface area contributed by atoms with Gasteiger partial charge in [0.1, 0.15) is 5.60 Å². The van der Waals surface area contributed by atoms with Crippen molar-refractivity contribution in [3.63, 3.8) is 0 Å². The fourth-order valence-corrected chi connectivity index (χ4v) is 4.64. The van der Waals surface area contributed by atoms with E-state index in [1.54, 1.807) is 11.3 Å². The van der Waals surface area contributed by atoms with Gasteiger partial charge in [-0.05, 0) is 11.4 Å². The fraction of sp³-hybridized carbons (Fsp3) is 0.714. The summed E-state index contributed by atoms with van der Waals surface area (Å²) < 4.78 is 36.9. The molecule has 2 saturated heterocycles. The largest absolute Gasteiger partial charge is 0.377 e. The summed E-state index contributed by atoms with van der Waals surface area (Å²) in [5, 5.41) is 2.08. The molecule has 8 heteroatoms. The minimum atomic E-state index is -3.24. The van der Waals surface area contributed by atoms with Gasteiger partial charge in [-0.2, -0.15) is 4.31 Å². The van der Waals surface area contributed by atoms with E-state index < -0.39 is 15.6 Å². The van der Waals surface area contributed by atoms with Crippen LogP contribution in [-0.4, -0.2) is 75.5 Å². The number of hydrogen-bond donors (Lipinski definition) is 0. The standard InChI is InChI=1S/C14H22N2O4S2/c1-22(17,18)16-5-6-19-12-14(11-16)10-15(4-7-20-14)9-13-3-2-8-21-13/h2-3,8H,4-7,9-12H2,1H3. The maximum Gasteiger partial charge on any atom is 0.211 e. The Morgan fingerprint density at radius 2 is 2.18 bits per heavy atom. The maximum atomic E-state index is 11.9. The quantitative estimate of drug-likeness (QED) is 0.803. The van der Waals surface area contributed by atoms with Crippen LogP contribution in [0.1, 0.15) is 4.88 Å². The molecule has 0 aliphatic carbocycles.